The number of non-ortho nitro benzene ring substituents is 1. The van der Waals surface area contributed by atoms with Crippen molar-refractivity contribution in [3.63, 3.8) is 0 Å². The molecule has 1 N–H and O–H groups in total. The van der Waals surface area contributed by atoms with Crippen molar-refractivity contribution in [1.29, 1.82) is 0 Å². The number of hydrogen-bond donors (Lipinski definition) is 1. The summed E-state index contributed by atoms with van der Waals surface area (Å²) in [5.41, 5.74) is 0.734. The average molecular weight is 370 g/mol. The van der Waals surface area contributed by atoms with Gasteiger partial charge in [-0.15, -0.1) is 0 Å². The van der Waals surface area contributed by atoms with E-state index < -0.39 is 34.6 Å². The summed E-state index contributed by atoms with van der Waals surface area (Å²) in [6.07, 6.45) is 0.212. The van der Waals surface area contributed by atoms with Crippen molar-refractivity contribution in [3.05, 3.63) is 63.7 Å². The smallest absolute Gasteiger partial charge is 0.319 e. The molecule has 2 aromatic carbocycles. The Bertz CT molecular complexity index is 907. The van der Waals surface area contributed by atoms with Crippen molar-refractivity contribution >= 4 is 17.6 Å². The summed E-state index contributed by atoms with van der Waals surface area (Å²) < 4.78 is 5.32. The first-order valence-electron chi connectivity index (χ1n) is 8.33. The number of hydrogen-bond acceptors (Lipinski definition) is 7. The summed E-state index contributed by atoms with van der Waals surface area (Å²) in [7, 11) is 0. The second kappa shape index (κ2) is 7.06. The van der Waals surface area contributed by atoms with Crippen LogP contribution in [0.5, 0.6) is 11.5 Å². The molecule has 8 nitrogen and oxygen atoms in total. The zero-order valence-electron chi connectivity index (χ0n) is 14.3. The van der Waals surface area contributed by atoms with Gasteiger partial charge in [-0.05, 0) is 18.1 Å². The van der Waals surface area contributed by atoms with Crippen molar-refractivity contribution in [2.45, 2.75) is 25.2 Å². The first kappa shape index (κ1) is 18.4. The van der Waals surface area contributed by atoms with E-state index in [2.05, 4.69) is 0 Å². The highest BCUT2D eigenvalue weighted by Crippen LogP contribution is 2.48. The van der Waals surface area contributed by atoms with Crippen LogP contribution in [0.15, 0.2) is 42.5 Å². The van der Waals surface area contributed by atoms with E-state index in [1.807, 2.05) is 0 Å². The van der Waals surface area contributed by atoms with Crippen LogP contribution in [0.1, 0.15) is 36.3 Å². The van der Waals surface area contributed by atoms with Crippen LogP contribution in [0.25, 0.3) is 0 Å². The molecular formula is C19H16NO7-. The number of phenolic OH excluding ortho intramolecular Hbond substituents is 1. The molecule has 0 amide bonds. The van der Waals surface area contributed by atoms with Crippen LogP contribution in [0.4, 0.5) is 5.69 Å². The average Bonchev–Trinajstić information content (AvgIpc) is 2.61. The van der Waals surface area contributed by atoms with Crippen molar-refractivity contribution in [1.82, 2.24) is 0 Å². The molecular weight excluding hydrogens is 354 g/mol. The van der Waals surface area contributed by atoms with Crippen LogP contribution in [0.3, 0.4) is 0 Å². The number of aliphatic carboxylic acids is 1. The number of nitro groups is 1. The number of carbonyl (C=O) groups is 2. The largest absolute Gasteiger partial charge is 0.550 e. The third kappa shape index (κ3) is 3.33. The number of ether oxygens (including phenoxy) is 1. The van der Waals surface area contributed by atoms with Gasteiger partial charge in [0.1, 0.15) is 11.5 Å². The number of carboxylic acids is 1. The lowest BCUT2D eigenvalue weighted by Crippen LogP contribution is -2.41. The van der Waals surface area contributed by atoms with Crippen LogP contribution in [-0.4, -0.2) is 22.0 Å². The van der Waals surface area contributed by atoms with Gasteiger partial charge >= 0.3 is 5.97 Å². The Hall–Kier alpha value is -3.42. The van der Waals surface area contributed by atoms with Crippen molar-refractivity contribution in [2.24, 2.45) is 5.92 Å². The predicted molar refractivity (Wildman–Crippen MR) is 91.1 cm³/mol. The molecule has 0 saturated heterocycles. The first-order valence-corrected chi connectivity index (χ1v) is 8.33. The topological polar surface area (TPSA) is 130 Å². The summed E-state index contributed by atoms with van der Waals surface area (Å²) in [5, 5.41) is 32.2. The number of carbonyl (C=O) groups excluding carboxylic acids is 2. The predicted octanol–water partition coefficient (Wildman–Crippen LogP) is 1.86. The van der Waals surface area contributed by atoms with Gasteiger partial charge in [0.2, 0.25) is 0 Å². The van der Waals surface area contributed by atoms with Gasteiger partial charge in [0, 0.05) is 41.6 Å². The number of benzene rings is 2. The molecule has 8 heteroatoms. The fraction of sp³-hybridized carbons (Fsp3) is 0.263. The van der Waals surface area contributed by atoms with E-state index in [1.54, 1.807) is 6.92 Å². The molecule has 3 unspecified atom stereocenters. The number of rotatable bonds is 5. The lowest BCUT2D eigenvalue weighted by Gasteiger charge is -2.37. The normalized spacial score (nSPS) is 19.7. The molecule has 0 bridgehead atoms. The Morgan fingerprint density at radius 3 is 2.48 bits per heavy atom. The molecule has 1 aliphatic heterocycles. The molecule has 0 spiro atoms. The second-order valence-corrected chi connectivity index (χ2v) is 6.33. The molecule has 1 heterocycles. The van der Waals surface area contributed by atoms with Gasteiger partial charge in [0.25, 0.3) is 5.69 Å². The third-order valence-corrected chi connectivity index (χ3v) is 4.82. The number of aromatic hydroxyl groups is 1. The summed E-state index contributed by atoms with van der Waals surface area (Å²) in [6, 6.07) is 9.52. The molecule has 0 saturated carbocycles. The van der Waals surface area contributed by atoms with Gasteiger partial charge in [0.15, 0.2) is 0 Å². The Morgan fingerprint density at radius 2 is 1.93 bits per heavy atom. The summed E-state index contributed by atoms with van der Waals surface area (Å²) in [6.45, 7) is 1.67. The first-order chi connectivity index (χ1) is 12.8. The Labute approximate surface area is 154 Å². The number of esters is 1. The van der Waals surface area contributed by atoms with Gasteiger partial charge in [-0.2, -0.15) is 0 Å². The fourth-order valence-electron chi connectivity index (χ4n) is 3.55. The van der Waals surface area contributed by atoms with Crippen molar-refractivity contribution in [2.75, 3.05) is 0 Å². The van der Waals surface area contributed by atoms with Gasteiger partial charge in [-0.1, -0.05) is 25.1 Å². The Kier molecular flexibility index (Phi) is 4.81. The van der Waals surface area contributed by atoms with Crippen molar-refractivity contribution in [3.8, 4) is 11.5 Å². The fourth-order valence-corrected chi connectivity index (χ4v) is 3.55. The lowest BCUT2D eigenvalue weighted by molar-refractivity contribution is -0.384. The number of phenols is 1. The number of carboxylic acid groups (broad SMARTS) is 1. The SMILES string of the molecule is CCC(C(=O)[O-])C1c2ccc(O)cc2OC(=O)C1c1ccc([N+](=O)[O-])cc1. The molecule has 0 radical (unpaired) electrons. The van der Waals surface area contributed by atoms with E-state index in [4.69, 9.17) is 4.74 Å². The van der Waals surface area contributed by atoms with Crippen LogP contribution >= 0.6 is 0 Å². The van der Waals surface area contributed by atoms with Gasteiger partial charge < -0.3 is 19.7 Å². The zero-order chi connectivity index (χ0) is 19.7. The molecule has 1 aliphatic rings. The summed E-state index contributed by atoms with van der Waals surface area (Å²) in [4.78, 5) is 34.7. The highest BCUT2D eigenvalue weighted by atomic mass is 16.6. The quantitative estimate of drug-likeness (QED) is 0.368. The number of nitrogens with zero attached hydrogens (tertiary/aromatic N) is 1. The number of nitro benzene ring substituents is 1. The van der Waals surface area contributed by atoms with Gasteiger partial charge in [-0.25, -0.2) is 0 Å². The third-order valence-electron chi connectivity index (χ3n) is 4.82. The minimum atomic E-state index is -1.30. The molecule has 0 aliphatic carbocycles. The zero-order valence-corrected chi connectivity index (χ0v) is 14.3. The summed E-state index contributed by atoms with van der Waals surface area (Å²) in [5.74, 6) is -4.75. The summed E-state index contributed by atoms with van der Waals surface area (Å²) >= 11 is 0. The van der Waals surface area contributed by atoms with Crippen LogP contribution < -0.4 is 9.84 Å². The second-order valence-electron chi connectivity index (χ2n) is 6.33. The molecule has 2 aromatic rings. The maximum atomic E-state index is 12.7. The van der Waals surface area contributed by atoms with E-state index in [9.17, 15) is 29.9 Å². The monoisotopic (exact) mass is 370 g/mol. The molecule has 140 valence electrons. The van der Waals surface area contributed by atoms with Gasteiger partial charge in [0.05, 0.1) is 10.8 Å². The van der Waals surface area contributed by atoms with Crippen LogP contribution in [-0.2, 0) is 9.59 Å². The minimum Gasteiger partial charge on any atom is -0.550 e. The standard InChI is InChI=1S/C19H17NO7/c1-2-13(18(22)23)17-14-8-7-12(21)9-15(14)27-19(24)16(17)10-3-5-11(6-4-10)20(25)26/h3-9,13,16-17,21H,2H2,1H3,(H,22,23)/p-1. The molecule has 3 atom stereocenters. The van der Waals surface area contributed by atoms with E-state index >= 15 is 0 Å². The Balaban J connectivity index is 2.15. The molecule has 3 rings (SSSR count). The maximum absolute atomic E-state index is 12.7. The van der Waals surface area contributed by atoms with Crippen LogP contribution in [0, 0.1) is 16.0 Å². The van der Waals surface area contributed by atoms with E-state index in [-0.39, 0.29) is 23.6 Å². The van der Waals surface area contributed by atoms with E-state index in [0.29, 0.717) is 11.1 Å². The highest BCUT2D eigenvalue weighted by Gasteiger charge is 2.43. The van der Waals surface area contributed by atoms with E-state index in [0.717, 1.165) is 0 Å². The lowest BCUT2D eigenvalue weighted by atomic mass is 9.71. The van der Waals surface area contributed by atoms with Crippen LogP contribution in [0.2, 0.25) is 0 Å². The minimum absolute atomic E-state index is 0.0999. The van der Waals surface area contributed by atoms with Crippen molar-refractivity contribution < 1.29 is 29.5 Å². The Morgan fingerprint density at radius 1 is 1.26 bits per heavy atom. The van der Waals surface area contributed by atoms with E-state index in [1.165, 1.54) is 42.5 Å². The molecule has 0 fully saturated rings. The molecule has 27 heavy (non-hydrogen) atoms. The maximum Gasteiger partial charge on any atom is 0.319 e. The van der Waals surface area contributed by atoms with Gasteiger partial charge in [-0.3, -0.25) is 14.9 Å². The number of fused-ring (bicyclic) bond motifs is 1. The molecule has 0 aromatic heterocycles. The highest BCUT2D eigenvalue weighted by molar-refractivity contribution is 5.86.